The lowest BCUT2D eigenvalue weighted by molar-refractivity contribution is -0.385. The first kappa shape index (κ1) is 15.7. The molecule has 0 saturated carbocycles. The molecule has 1 N–H and O–H groups in total. The lowest BCUT2D eigenvalue weighted by atomic mass is 10.2. The van der Waals surface area contributed by atoms with Gasteiger partial charge in [0.25, 0.3) is 5.69 Å². The zero-order chi connectivity index (χ0) is 15.2. The Bertz CT molecular complexity index is 632. The zero-order valence-electron chi connectivity index (χ0n) is 11.5. The first-order valence-corrected chi connectivity index (χ1v) is 7.74. The second kappa shape index (κ2) is 7.33. The molecule has 0 saturated heterocycles. The third-order valence-electron chi connectivity index (χ3n) is 2.73. The molecule has 2 aromatic carbocycles. The Morgan fingerprint density at radius 3 is 2.52 bits per heavy atom. The molecular weight excluding hydrogens is 308 g/mol. The summed E-state index contributed by atoms with van der Waals surface area (Å²) in [6, 6.07) is 12.4. The van der Waals surface area contributed by atoms with Gasteiger partial charge in [-0.1, -0.05) is 30.3 Å². The van der Waals surface area contributed by atoms with Crippen LogP contribution in [0.4, 0.5) is 11.4 Å². The number of anilines is 1. The molecule has 0 unspecified atom stereocenters. The van der Waals surface area contributed by atoms with E-state index in [-0.39, 0.29) is 10.6 Å². The molecule has 0 amide bonds. The van der Waals surface area contributed by atoms with Gasteiger partial charge >= 0.3 is 0 Å². The lowest BCUT2D eigenvalue weighted by Gasteiger charge is -2.08. The van der Waals surface area contributed by atoms with Gasteiger partial charge in [-0.15, -0.1) is 0 Å². The van der Waals surface area contributed by atoms with Crippen molar-refractivity contribution in [3.05, 3.63) is 57.6 Å². The van der Waals surface area contributed by atoms with E-state index in [2.05, 4.69) is 5.32 Å². The molecule has 0 radical (unpaired) electrons. The molecular formula is C15H15ClN2O2S. The molecule has 110 valence electrons. The van der Waals surface area contributed by atoms with Crippen molar-refractivity contribution in [2.24, 2.45) is 0 Å². The van der Waals surface area contributed by atoms with Gasteiger partial charge in [0, 0.05) is 39.2 Å². The van der Waals surface area contributed by atoms with E-state index in [0.29, 0.717) is 5.02 Å². The molecule has 21 heavy (non-hydrogen) atoms. The van der Waals surface area contributed by atoms with Gasteiger partial charge < -0.3 is 5.32 Å². The summed E-state index contributed by atoms with van der Waals surface area (Å²) in [6.45, 7) is 2.83. The number of non-ortho nitro benzene ring substituents is 1. The fraction of sp³-hybridized carbons (Fsp3) is 0.200. The number of rotatable bonds is 6. The van der Waals surface area contributed by atoms with Crippen molar-refractivity contribution in [3.8, 4) is 0 Å². The average molecular weight is 323 g/mol. The molecule has 0 aromatic heterocycles. The predicted molar refractivity (Wildman–Crippen MR) is 87.5 cm³/mol. The van der Waals surface area contributed by atoms with Crippen LogP contribution in [-0.4, -0.2) is 11.5 Å². The predicted octanol–water partition coefficient (Wildman–Crippen LogP) is 5.22. The highest BCUT2D eigenvalue weighted by atomic mass is 35.5. The summed E-state index contributed by atoms with van der Waals surface area (Å²) < 4.78 is 0. The number of nitro benzene ring substituents is 1. The highest BCUT2D eigenvalue weighted by Gasteiger charge is 2.10. The molecule has 6 heteroatoms. The summed E-state index contributed by atoms with van der Waals surface area (Å²) in [4.78, 5) is 12.5. The Labute approximate surface area is 132 Å². The van der Waals surface area contributed by atoms with Crippen molar-refractivity contribution in [2.45, 2.75) is 23.1 Å². The molecule has 0 heterocycles. The van der Waals surface area contributed by atoms with E-state index < -0.39 is 0 Å². The number of nitro groups is 1. The molecule has 0 fully saturated rings. The number of nitrogens with one attached hydrogen (secondary N) is 1. The molecule has 0 aliphatic heterocycles. The van der Waals surface area contributed by atoms with Crippen molar-refractivity contribution in [1.82, 2.24) is 0 Å². The van der Waals surface area contributed by atoms with Crippen LogP contribution in [0.2, 0.25) is 5.02 Å². The summed E-state index contributed by atoms with van der Waals surface area (Å²) in [5, 5.41) is 14.9. The minimum atomic E-state index is -0.372. The summed E-state index contributed by atoms with van der Waals surface area (Å²) in [6.07, 6.45) is 0.961. The minimum absolute atomic E-state index is 0.0903. The maximum atomic E-state index is 11.0. The maximum absolute atomic E-state index is 11.0. The van der Waals surface area contributed by atoms with Gasteiger partial charge in [-0.05, 0) is 36.8 Å². The van der Waals surface area contributed by atoms with E-state index in [0.717, 1.165) is 28.4 Å². The van der Waals surface area contributed by atoms with Crippen molar-refractivity contribution in [3.63, 3.8) is 0 Å². The van der Waals surface area contributed by atoms with Crippen molar-refractivity contribution in [2.75, 3.05) is 11.9 Å². The number of hydrogen-bond acceptors (Lipinski definition) is 4. The lowest BCUT2D eigenvalue weighted by Crippen LogP contribution is -2.00. The summed E-state index contributed by atoms with van der Waals surface area (Å²) in [5.41, 5.74) is 0.857. The monoisotopic (exact) mass is 322 g/mol. The van der Waals surface area contributed by atoms with E-state index in [1.807, 2.05) is 25.1 Å². The van der Waals surface area contributed by atoms with Gasteiger partial charge in [-0.3, -0.25) is 10.1 Å². The van der Waals surface area contributed by atoms with Crippen molar-refractivity contribution < 1.29 is 4.92 Å². The van der Waals surface area contributed by atoms with Gasteiger partial charge in [0.2, 0.25) is 0 Å². The molecule has 2 rings (SSSR count). The second-order valence-corrected chi connectivity index (χ2v) is 6.04. The van der Waals surface area contributed by atoms with Crippen LogP contribution in [0, 0.1) is 10.1 Å². The number of benzene rings is 2. The fourth-order valence-electron chi connectivity index (χ4n) is 1.76. The molecule has 2 aromatic rings. The topological polar surface area (TPSA) is 55.2 Å². The summed E-state index contributed by atoms with van der Waals surface area (Å²) in [5.74, 6) is 0. The molecule has 0 bridgehead atoms. The van der Waals surface area contributed by atoms with Crippen LogP contribution in [0.3, 0.4) is 0 Å². The Kier molecular flexibility index (Phi) is 5.47. The van der Waals surface area contributed by atoms with Crippen molar-refractivity contribution in [1.29, 1.82) is 0 Å². The maximum Gasteiger partial charge on any atom is 0.272 e. The second-order valence-electron chi connectivity index (χ2n) is 4.46. The van der Waals surface area contributed by atoms with Crippen molar-refractivity contribution >= 4 is 34.7 Å². The first-order chi connectivity index (χ1) is 10.1. The number of halogens is 1. The molecule has 0 atom stereocenters. The van der Waals surface area contributed by atoms with E-state index in [4.69, 9.17) is 11.6 Å². The van der Waals surface area contributed by atoms with Gasteiger partial charge in [0.05, 0.1) is 4.92 Å². The first-order valence-electron chi connectivity index (χ1n) is 6.55. The van der Waals surface area contributed by atoms with Gasteiger partial charge in [-0.25, -0.2) is 0 Å². The Balaban J connectivity index is 2.26. The van der Waals surface area contributed by atoms with E-state index in [1.54, 1.807) is 24.3 Å². The third-order valence-corrected chi connectivity index (χ3v) is 3.96. The molecule has 4 nitrogen and oxygen atoms in total. The Morgan fingerprint density at radius 1 is 1.19 bits per heavy atom. The third kappa shape index (κ3) is 4.65. The standard InChI is InChI=1S/C15H15ClN2O2S/c1-2-7-17-12-8-13(18(19)20)10-15(9-12)21-14-5-3-11(16)4-6-14/h3-6,8-10,17H,2,7H2,1H3. The number of hydrogen-bond donors (Lipinski definition) is 1. The van der Waals surface area contributed by atoms with Crippen LogP contribution in [0.15, 0.2) is 52.3 Å². The smallest absolute Gasteiger partial charge is 0.272 e. The van der Waals surface area contributed by atoms with Gasteiger partial charge in [0.1, 0.15) is 0 Å². The van der Waals surface area contributed by atoms with Crippen LogP contribution in [-0.2, 0) is 0 Å². The van der Waals surface area contributed by atoms with E-state index in [1.165, 1.54) is 11.8 Å². The fourth-order valence-corrected chi connectivity index (χ4v) is 2.79. The molecule has 0 aliphatic rings. The van der Waals surface area contributed by atoms with Crippen LogP contribution in [0.25, 0.3) is 0 Å². The SMILES string of the molecule is CCCNc1cc(Sc2ccc(Cl)cc2)cc([N+](=O)[O-])c1. The highest BCUT2D eigenvalue weighted by Crippen LogP contribution is 2.33. The average Bonchev–Trinajstić information content (AvgIpc) is 2.47. The van der Waals surface area contributed by atoms with Crippen LogP contribution < -0.4 is 5.32 Å². The Morgan fingerprint density at radius 2 is 1.90 bits per heavy atom. The number of nitrogens with zero attached hydrogens (tertiary/aromatic N) is 1. The normalized spacial score (nSPS) is 10.4. The van der Waals surface area contributed by atoms with Gasteiger partial charge in [0.15, 0.2) is 0 Å². The van der Waals surface area contributed by atoms with Crippen LogP contribution in [0.1, 0.15) is 13.3 Å². The van der Waals surface area contributed by atoms with Gasteiger partial charge in [-0.2, -0.15) is 0 Å². The van der Waals surface area contributed by atoms with E-state index in [9.17, 15) is 10.1 Å². The molecule has 0 aliphatic carbocycles. The largest absolute Gasteiger partial charge is 0.385 e. The highest BCUT2D eigenvalue weighted by molar-refractivity contribution is 7.99. The van der Waals surface area contributed by atoms with Crippen LogP contribution >= 0.6 is 23.4 Å². The quantitative estimate of drug-likeness (QED) is 0.585. The summed E-state index contributed by atoms with van der Waals surface area (Å²) in [7, 11) is 0. The zero-order valence-corrected chi connectivity index (χ0v) is 13.1. The van der Waals surface area contributed by atoms with Crippen LogP contribution in [0.5, 0.6) is 0 Å². The minimum Gasteiger partial charge on any atom is -0.385 e. The Hall–Kier alpha value is -1.72. The molecule has 0 spiro atoms. The summed E-state index contributed by atoms with van der Waals surface area (Å²) >= 11 is 7.33. The van der Waals surface area contributed by atoms with E-state index >= 15 is 0 Å².